The van der Waals surface area contributed by atoms with Crippen molar-refractivity contribution in [2.45, 2.75) is 86.6 Å². The summed E-state index contributed by atoms with van der Waals surface area (Å²) < 4.78 is 25.0. The molecule has 0 saturated carbocycles. The number of rotatable bonds is 7. The fourth-order valence-corrected chi connectivity index (χ4v) is 5.97. The van der Waals surface area contributed by atoms with Gasteiger partial charge in [0.25, 0.3) is 0 Å². The monoisotopic (exact) mass is 333 g/mol. The Morgan fingerprint density at radius 1 is 1.18 bits per heavy atom. The molecule has 2 atom stereocenters. The van der Waals surface area contributed by atoms with Gasteiger partial charge < -0.3 is 4.52 Å². The molecule has 5 heteroatoms. The predicted molar refractivity (Wildman–Crippen MR) is 95.1 cm³/mol. The van der Waals surface area contributed by atoms with Gasteiger partial charge in [-0.1, -0.05) is 27.4 Å². The molecule has 0 aromatic rings. The fraction of sp³-hybridized carbons (Fsp3) is 0.882. The van der Waals surface area contributed by atoms with E-state index in [2.05, 4.69) is 66.9 Å². The van der Waals surface area contributed by atoms with Crippen LogP contribution in [-0.2, 0) is 13.6 Å². The molecule has 0 saturated heterocycles. The maximum Gasteiger partial charge on any atom is 0.396 e. The van der Waals surface area contributed by atoms with Crippen LogP contribution in [0.3, 0.4) is 0 Å². The summed E-state index contributed by atoms with van der Waals surface area (Å²) in [5, 5.41) is 0. The van der Waals surface area contributed by atoms with Gasteiger partial charge in [-0.3, -0.25) is 9.42 Å². The maximum atomic E-state index is 13.6. The summed E-state index contributed by atoms with van der Waals surface area (Å²) in [6.07, 6.45) is 0. The minimum absolute atomic E-state index is 0.169. The lowest BCUT2D eigenvalue weighted by atomic mass is 9.91. The first kappa shape index (κ1) is 21.7. The van der Waals surface area contributed by atoms with Gasteiger partial charge in [0.05, 0.1) is 12.4 Å². The normalized spacial score (nSPS) is 17.5. The lowest BCUT2D eigenvalue weighted by molar-refractivity contribution is 0.0185. The first-order valence-corrected chi connectivity index (χ1v) is 9.65. The zero-order valence-electron chi connectivity index (χ0n) is 16.2. The molecule has 0 spiro atoms. The Bertz CT molecular complexity index is 419. The van der Waals surface area contributed by atoms with Crippen molar-refractivity contribution in [3.8, 4) is 0 Å². The SMILES string of the molecule is C=C(C)OP(=O)(OCC)C(N(C(C)C)C(C)(C)C)C(C)(C)C. The van der Waals surface area contributed by atoms with E-state index >= 15 is 0 Å². The average Bonchev–Trinajstić information content (AvgIpc) is 2.20. The van der Waals surface area contributed by atoms with Crippen molar-refractivity contribution >= 4 is 7.60 Å². The molecule has 0 aliphatic carbocycles. The second kappa shape index (κ2) is 7.51. The van der Waals surface area contributed by atoms with Crippen molar-refractivity contribution in [2.75, 3.05) is 6.61 Å². The van der Waals surface area contributed by atoms with Crippen molar-refractivity contribution in [3.05, 3.63) is 12.3 Å². The highest BCUT2D eigenvalue weighted by molar-refractivity contribution is 7.54. The summed E-state index contributed by atoms with van der Waals surface area (Å²) in [7, 11) is -3.39. The van der Waals surface area contributed by atoms with Crippen LogP contribution in [0.4, 0.5) is 0 Å². The molecule has 0 rings (SSSR count). The van der Waals surface area contributed by atoms with Crippen molar-refractivity contribution < 1.29 is 13.6 Å². The van der Waals surface area contributed by atoms with Crippen LogP contribution < -0.4 is 0 Å². The summed E-state index contributed by atoms with van der Waals surface area (Å²) in [5.74, 6) is 0.0558. The summed E-state index contributed by atoms with van der Waals surface area (Å²) in [5.41, 5.74) is -0.449. The van der Waals surface area contributed by atoms with E-state index in [1.54, 1.807) is 6.92 Å². The lowest BCUT2D eigenvalue weighted by Crippen LogP contribution is -2.56. The molecule has 0 fully saturated rings. The van der Waals surface area contributed by atoms with Gasteiger partial charge >= 0.3 is 7.60 Å². The number of hydrogen-bond donors (Lipinski definition) is 0. The Hall–Kier alpha value is -0.310. The van der Waals surface area contributed by atoms with E-state index in [1.165, 1.54) is 0 Å². The molecule has 0 aliphatic rings. The zero-order chi connectivity index (χ0) is 17.9. The maximum absolute atomic E-state index is 13.6. The largest absolute Gasteiger partial charge is 0.429 e. The Morgan fingerprint density at radius 2 is 1.64 bits per heavy atom. The quantitative estimate of drug-likeness (QED) is 0.446. The van der Waals surface area contributed by atoms with Gasteiger partial charge in [0.2, 0.25) is 0 Å². The molecule has 0 aromatic heterocycles. The van der Waals surface area contributed by atoms with Crippen molar-refractivity contribution in [3.63, 3.8) is 0 Å². The minimum atomic E-state index is -3.39. The topological polar surface area (TPSA) is 38.8 Å². The standard InChI is InChI=1S/C17H36NO3P/c1-12-20-22(19,21-14(4)5)15(16(6,7)8)18(13(2)3)17(9,10)11/h13,15H,4,12H2,1-3,5-11H3. The van der Waals surface area contributed by atoms with Gasteiger partial charge in [-0.15, -0.1) is 0 Å². The fourth-order valence-electron chi connectivity index (χ4n) is 3.01. The number of nitrogens with zero attached hydrogens (tertiary/aromatic N) is 1. The summed E-state index contributed by atoms with van der Waals surface area (Å²) >= 11 is 0. The minimum Gasteiger partial charge on any atom is -0.429 e. The van der Waals surface area contributed by atoms with Crippen molar-refractivity contribution in [1.82, 2.24) is 4.90 Å². The van der Waals surface area contributed by atoms with Crippen molar-refractivity contribution in [2.24, 2.45) is 5.41 Å². The first-order chi connectivity index (χ1) is 9.66. The van der Waals surface area contributed by atoms with Crippen LogP contribution >= 0.6 is 7.60 Å². The van der Waals surface area contributed by atoms with Crippen LogP contribution in [0.2, 0.25) is 0 Å². The molecule has 0 aliphatic heterocycles. The smallest absolute Gasteiger partial charge is 0.396 e. The first-order valence-electron chi connectivity index (χ1n) is 8.04. The molecule has 4 nitrogen and oxygen atoms in total. The van der Waals surface area contributed by atoms with Gasteiger partial charge in [0, 0.05) is 11.6 Å². The third kappa shape index (κ3) is 5.72. The van der Waals surface area contributed by atoms with E-state index in [0.717, 1.165) is 0 Å². The molecular formula is C17H36NO3P. The second-order valence-electron chi connectivity index (χ2n) is 8.16. The van der Waals surface area contributed by atoms with E-state index in [1.807, 2.05) is 6.92 Å². The van der Waals surface area contributed by atoms with Crippen molar-refractivity contribution in [1.29, 1.82) is 0 Å². The third-order valence-corrected chi connectivity index (χ3v) is 6.07. The van der Waals surface area contributed by atoms with Crippen LogP contribution in [0.15, 0.2) is 12.3 Å². The molecule has 132 valence electrons. The molecular weight excluding hydrogens is 297 g/mol. The molecule has 0 N–H and O–H groups in total. The summed E-state index contributed by atoms with van der Waals surface area (Å²) in [4.78, 5) is 2.24. The van der Waals surface area contributed by atoms with Gasteiger partial charge in [0.15, 0.2) is 0 Å². The van der Waals surface area contributed by atoms with Gasteiger partial charge in [-0.05, 0) is 53.9 Å². The Balaban J connectivity index is 6.18. The van der Waals surface area contributed by atoms with E-state index in [-0.39, 0.29) is 22.8 Å². The molecule has 2 unspecified atom stereocenters. The van der Waals surface area contributed by atoms with Crippen LogP contribution in [0, 0.1) is 5.41 Å². The van der Waals surface area contributed by atoms with E-state index in [4.69, 9.17) is 9.05 Å². The van der Waals surface area contributed by atoms with Crippen LogP contribution in [0.5, 0.6) is 0 Å². The summed E-state index contributed by atoms with van der Waals surface area (Å²) in [6, 6.07) is 0.201. The van der Waals surface area contributed by atoms with Gasteiger partial charge in [-0.2, -0.15) is 0 Å². The second-order valence-corrected chi connectivity index (χ2v) is 10.2. The number of allylic oxidation sites excluding steroid dienone is 1. The molecule has 0 radical (unpaired) electrons. The Labute approximate surface area is 137 Å². The molecule has 0 aromatic carbocycles. The third-order valence-electron chi connectivity index (χ3n) is 3.26. The highest BCUT2D eigenvalue weighted by Gasteiger charge is 2.51. The molecule has 22 heavy (non-hydrogen) atoms. The highest BCUT2D eigenvalue weighted by atomic mass is 31.2. The lowest BCUT2D eigenvalue weighted by Gasteiger charge is -2.50. The molecule has 0 heterocycles. The highest BCUT2D eigenvalue weighted by Crippen LogP contribution is 2.62. The predicted octanol–water partition coefficient (Wildman–Crippen LogP) is 5.65. The van der Waals surface area contributed by atoms with Crippen LogP contribution in [0.25, 0.3) is 0 Å². The van der Waals surface area contributed by atoms with E-state index < -0.39 is 7.60 Å². The number of hydrogen-bond acceptors (Lipinski definition) is 4. The summed E-state index contributed by atoms with van der Waals surface area (Å²) in [6.45, 7) is 24.5. The molecule has 0 bridgehead atoms. The Morgan fingerprint density at radius 3 is 1.86 bits per heavy atom. The van der Waals surface area contributed by atoms with E-state index in [9.17, 15) is 4.57 Å². The Kier molecular flexibility index (Phi) is 7.40. The zero-order valence-corrected chi connectivity index (χ0v) is 17.1. The van der Waals surface area contributed by atoms with Crippen LogP contribution in [-0.4, -0.2) is 28.9 Å². The average molecular weight is 333 g/mol. The van der Waals surface area contributed by atoms with E-state index in [0.29, 0.717) is 12.4 Å². The van der Waals surface area contributed by atoms with Gasteiger partial charge in [0.1, 0.15) is 5.78 Å². The molecule has 0 amide bonds. The van der Waals surface area contributed by atoms with Gasteiger partial charge in [-0.25, -0.2) is 4.57 Å². The van der Waals surface area contributed by atoms with Crippen LogP contribution in [0.1, 0.15) is 69.2 Å².